The number of piperidine rings is 1. The monoisotopic (exact) mass is 338 g/mol. The van der Waals surface area contributed by atoms with Gasteiger partial charge in [0, 0.05) is 18.2 Å². The number of imidazole rings is 1. The van der Waals surface area contributed by atoms with E-state index in [0.29, 0.717) is 5.88 Å². The molecule has 0 amide bonds. The van der Waals surface area contributed by atoms with Crippen molar-refractivity contribution in [1.29, 1.82) is 0 Å². The van der Waals surface area contributed by atoms with Gasteiger partial charge in [0.25, 0.3) is 0 Å². The minimum Gasteiger partial charge on any atom is -0.497 e. The zero-order chi connectivity index (χ0) is 17.2. The lowest BCUT2D eigenvalue weighted by Gasteiger charge is -2.29. The van der Waals surface area contributed by atoms with E-state index in [0.717, 1.165) is 48.6 Å². The Bertz CT molecular complexity index is 877. The van der Waals surface area contributed by atoms with Gasteiger partial charge in [-0.15, -0.1) is 5.10 Å². The summed E-state index contributed by atoms with van der Waals surface area (Å²) in [6, 6.07) is 11.7. The molecule has 2 aromatic heterocycles. The van der Waals surface area contributed by atoms with Crippen molar-refractivity contribution in [3.63, 3.8) is 0 Å². The zero-order valence-electron chi connectivity index (χ0n) is 14.6. The van der Waals surface area contributed by atoms with Crippen LogP contribution in [0, 0.1) is 0 Å². The normalized spacial score (nSPS) is 18.4. The number of likely N-dealkylation sites (N-methyl/N-ethyl adjacent to an activating group) is 1. The van der Waals surface area contributed by atoms with E-state index in [2.05, 4.69) is 22.0 Å². The average Bonchev–Trinajstić information content (AvgIpc) is 3.05. The number of hydrogen-bond acceptors (Lipinski definition) is 5. The molecule has 130 valence electrons. The number of hydrogen-bond donors (Lipinski definition) is 0. The quantitative estimate of drug-likeness (QED) is 0.732. The summed E-state index contributed by atoms with van der Waals surface area (Å²) in [7, 11) is 3.79. The molecule has 1 aliphatic heterocycles. The summed E-state index contributed by atoms with van der Waals surface area (Å²) >= 11 is 0. The van der Waals surface area contributed by atoms with E-state index in [1.807, 2.05) is 47.1 Å². The van der Waals surface area contributed by atoms with Crippen LogP contribution >= 0.6 is 0 Å². The fourth-order valence-electron chi connectivity index (χ4n) is 3.28. The molecule has 0 aliphatic carbocycles. The molecular weight excluding hydrogens is 316 g/mol. The highest BCUT2D eigenvalue weighted by Gasteiger charge is 2.19. The minimum absolute atomic E-state index is 0.187. The summed E-state index contributed by atoms with van der Waals surface area (Å²) in [4.78, 5) is 6.74. The third-order valence-corrected chi connectivity index (χ3v) is 4.57. The first kappa shape index (κ1) is 15.9. The standard InChI is InChI=1S/C19H22N4O2/c1-22-10-4-7-16(13-22)25-19-9-8-18-20-12-17(23(18)21-19)14-5-3-6-15(11-14)24-2/h3,5-6,8-9,11-12,16H,4,7,10,13H2,1-2H3. The van der Waals surface area contributed by atoms with E-state index < -0.39 is 0 Å². The molecule has 6 heteroatoms. The number of benzene rings is 1. The predicted octanol–water partition coefficient (Wildman–Crippen LogP) is 2.88. The van der Waals surface area contributed by atoms with Crippen LogP contribution in [-0.2, 0) is 0 Å². The van der Waals surface area contributed by atoms with Crippen LogP contribution < -0.4 is 9.47 Å². The van der Waals surface area contributed by atoms with Crippen molar-refractivity contribution >= 4 is 5.65 Å². The van der Waals surface area contributed by atoms with E-state index >= 15 is 0 Å². The van der Waals surface area contributed by atoms with E-state index in [1.165, 1.54) is 0 Å². The molecule has 3 aromatic rings. The Balaban J connectivity index is 1.65. The van der Waals surface area contributed by atoms with E-state index in [1.54, 1.807) is 7.11 Å². The van der Waals surface area contributed by atoms with Crippen LogP contribution in [-0.4, -0.2) is 52.8 Å². The maximum Gasteiger partial charge on any atom is 0.232 e. The largest absolute Gasteiger partial charge is 0.497 e. The fraction of sp³-hybridized carbons (Fsp3) is 0.368. The second-order valence-electron chi connectivity index (χ2n) is 6.46. The van der Waals surface area contributed by atoms with Crippen molar-refractivity contribution in [1.82, 2.24) is 19.5 Å². The molecule has 0 N–H and O–H groups in total. The fourth-order valence-corrected chi connectivity index (χ4v) is 3.28. The minimum atomic E-state index is 0.187. The van der Waals surface area contributed by atoms with E-state index in [9.17, 15) is 0 Å². The Kier molecular flexibility index (Phi) is 4.28. The van der Waals surface area contributed by atoms with Gasteiger partial charge in [-0.25, -0.2) is 9.50 Å². The molecule has 1 aromatic carbocycles. The predicted molar refractivity (Wildman–Crippen MR) is 96.1 cm³/mol. The molecule has 3 heterocycles. The van der Waals surface area contributed by atoms with Gasteiger partial charge in [0.05, 0.1) is 19.0 Å². The summed E-state index contributed by atoms with van der Waals surface area (Å²) in [5, 5.41) is 4.66. The molecule has 1 saturated heterocycles. The number of fused-ring (bicyclic) bond motifs is 1. The summed E-state index contributed by atoms with van der Waals surface area (Å²) in [6.45, 7) is 2.07. The van der Waals surface area contributed by atoms with Gasteiger partial charge in [0.15, 0.2) is 5.65 Å². The summed E-state index contributed by atoms with van der Waals surface area (Å²) in [6.07, 6.45) is 4.24. The highest BCUT2D eigenvalue weighted by Crippen LogP contribution is 2.25. The molecule has 1 unspecified atom stereocenters. The van der Waals surface area contributed by atoms with Crippen LogP contribution in [0.2, 0.25) is 0 Å². The molecule has 1 fully saturated rings. The van der Waals surface area contributed by atoms with Gasteiger partial charge in [0.1, 0.15) is 11.9 Å². The third-order valence-electron chi connectivity index (χ3n) is 4.57. The number of ether oxygens (including phenoxy) is 2. The van der Waals surface area contributed by atoms with Gasteiger partial charge in [-0.2, -0.15) is 0 Å². The highest BCUT2D eigenvalue weighted by atomic mass is 16.5. The van der Waals surface area contributed by atoms with Crippen LogP contribution in [0.1, 0.15) is 12.8 Å². The molecular formula is C19H22N4O2. The molecule has 0 saturated carbocycles. The second kappa shape index (κ2) is 6.72. The van der Waals surface area contributed by atoms with Crippen molar-refractivity contribution in [2.45, 2.75) is 18.9 Å². The highest BCUT2D eigenvalue weighted by molar-refractivity contribution is 5.64. The first-order chi connectivity index (χ1) is 12.2. The number of nitrogens with zero attached hydrogens (tertiary/aromatic N) is 4. The van der Waals surface area contributed by atoms with Crippen molar-refractivity contribution in [2.24, 2.45) is 0 Å². The van der Waals surface area contributed by atoms with E-state index in [-0.39, 0.29) is 6.10 Å². The Hall–Kier alpha value is -2.60. The Morgan fingerprint density at radius 3 is 2.96 bits per heavy atom. The first-order valence-electron chi connectivity index (χ1n) is 8.57. The maximum atomic E-state index is 6.11. The molecule has 4 rings (SSSR count). The lowest BCUT2D eigenvalue weighted by Crippen LogP contribution is -2.38. The molecule has 0 spiro atoms. The van der Waals surface area contributed by atoms with Crippen LogP contribution in [0.15, 0.2) is 42.6 Å². The van der Waals surface area contributed by atoms with Crippen LogP contribution in [0.3, 0.4) is 0 Å². The van der Waals surface area contributed by atoms with Gasteiger partial charge in [0.2, 0.25) is 5.88 Å². The third kappa shape index (κ3) is 3.30. The summed E-state index contributed by atoms with van der Waals surface area (Å²) in [5.74, 6) is 1.44. The van der Waals surface area contributed by atoms with Gasteiger partial charge in [-0.1, -0.05) is 12.1 Å². The number of aromatic nitrogens is 3. The average molecular weight is 338 g/mol. The van der Waals surface area contributed by atoms with Gasteiger partial charge < -0.3 is 14.4 Å². The summed E-state index contributed by atoms with van der Waals surface area (Å²) < 4.78 is 13.3. The van der Waals surface area contributed by atoms with Crippen LogP contribution in [0.4, 0.5) is 0 Å². The number of rotatable bonds is 4. The smallest absolute Gasteiger partial charge is 0.232 e. The maximum absolute atomic E-state index is 6.11. The number of likely N-dealkylation sites (tertiary alicyclic amines) is 1. The Morgan fingerprint density at radius 1 is 1.20 bits per heavy atom. The van der Waals surface area contributed by atoms with E-state index in [4.69, 9.17) is 9.47 Å². The second-order valence-corrected chi connectivity index (χ2v) is 6.46. The zero-order valence-corrected chi connectivity index (χ0v) is 14.6. The topological polar surface area (TPSA) is 51.9 Å². The molecule has 1 aliphatic rings. The van der Waals surface area contributed by atoms with Crippen LogP contribution in [0.25, 0.3) is 16.9 Å². The molecule has 1 atom stereocenters. The SMILES string of the molecule is COc1cccc(-c2cnc3ccc(OC4CCCN(C)C4)nn23)c1. The van der Waals surface area contributed by atoms with Crippen molar-refractivity contribution < 1.29 is 9.47 Å². The van der Waals surface area contributed by atoms with Crippen molar-refractivity contribution in [3.8, 4) is 22.9 Å². The first-order valence-corrected chi connectivity index (χ1v) is 8.57. The lowest BCUT2D eigenvalue weighted by molar-refractivity contribution is 0.0988. The molecule has 6 nitrogen and oxygen atoms in total. The van der Waals surface area contributed by atoms with Gasteiger partial charge >= 0.3 is 0 Å². The molecule has 25 heavy (non-hydrogen) atoms. The Morgan fingerprint density at radius 2 is 2.12 bits per heavy atom. The van der Waals surface area contributed by atoms with Crippen molar-refractivity contribution in [3.05, 3.63) is 42.6 Å². The molecule has 0 bridgehead atoms. The molecule has 0 radical (unpaired) electrons. The van der Waals surface area contributed by atoms with Crippen LogP contribution in [0.5, 0.6) is 11.6 Å². The van der Waals surface area contributed by atoms with Crippen molar-refractivity contribution in [2.75, 3.05) is 27.2 Å². The summed E-state index contributed by atoms with van der Waals surface area (Å²) in [5.41, 5.74) is 2.72. The van der Waals surface area contributed by atoms with Gasteiger partial charge in [-0.05, 0) is 44.6 Å². The van der Waals surface area contributed by atoms with Gasteiger partial charge in [-0.3, -0.25) is 0 Å². The number of methoxy groups -OCH3 is 1. The Labute approximate surface area is 147 Å². The lowest BCUT2D eigenvalue weighted by atomic mass is 10.1.